The Bertz CT molecular complexity index is 953. The highest BCUT2D eigenvalue weighted by Gasteiger charge is 2.22. The van der Waals surface area contributed by atoms with E-state index in [1.807, 2.05) is 13.8 Å². The van der Waals surface area contributed by atoms with Crippen LogP contribution in [0.15, 0.2) is 29.4 Å². The second kappa shape index (κ2) is 8.13. The molecule has 2 aromatic carbocycles. The minimum atomic E-state index is -0.570. The summed E-state index contributed by atoms with van der Waals surface area (Å²) in [6, 6.07) is 6.12. The highest BCUT2D eigenvalue weighted by atomic mass is 35.5. The maximum absolute atomic E-state index is 11.9. The van der Waals surface area contributed by atoms with Gasteiger partial charge in [-0.3, -0.25) is 14.9 Å². The van der Waals surface area contributed by atoms with Crippen LogP contribution < -0.4 is 19.6 Å². The molecular formula is C18H16ClN3O6. The van der Waals surface area contributed by atoms with Crippen molar-refractivity contribution in [1.29, 1.82) is 0 Å². The molecule has 1 N–H and O–H groups in total. The Morgan fingerprint density at radius 2 is 1.93 bits per heavy atom. The molecule has 0 bridgehead atoms. The molecule has 1 aliphatic rings. The molecule has 1 amide bonds. The fourth-order valence-electron chi connectivity index (χ4n) is 2.55. The van der Waals surface area contributed by atoms with Crippen LogP contribution in [0, 0.1) is 24.0 Å². The molecule has 0 unspecified atom stereocenters. The summed E-state index contributed by atoms with van der Waals surface area (Å²) in [7, 11) is 0. The lowest BCUT2D eigenvalue weighted by molar-refractivity contribution is -0.385. The first kappa shape index (κ1) is 19.4. The largest absolute Gasteiger partial charge is 0.484 e. The third-order valence-corrected chi connectivity index (χ3v) is 4.49. The van der Waals surface area contributed by atoms with Crippen LogP contribution >= 0.6 is 11.6 Å². The van der Waals surface area contributed by atoms with Crippen LogP contribution in [-0.4, -0.2) is 30.4 Å². The van der Waals surface area contributed by atoms with E-state index in [-0.39, 0.29) is 30.4 Å². The lowest BCUT2D eigenvalue weighted by Crippen LogP contribution is -2.24. The van der Waals surface area contributed by atoms with Gasteiger partial charge in [-0.05, 0) is 43.2 Å². The highest BCUT2D eigenvalue weighted by molar-refractivity contribution is 6.32. The Balaban J connectivity index is 1.62. The number of hydrogen-bond donors (Lipinski definition) is 1. The van der Waals surface area contributed by atoms with Gasteiger partial charge in [0, 0.05) is 5.02 Å². The molecule has 28 heavy (non-hydrogen) atoms. The van der Waals surface area contributed by atoms with Gasteiger partial charge in [0.2, 0.25) is 6.79 Å². The van der Waals surface area contributed by atoms with Crippen molar-refractivity contribution < 1.29 is 23.9 Å². The lowest BCUT2D eigenvalue weighted by Gasteiger charge is -2.09. The number of benzene rings is 2. The van der Waals surface area contributed by atoms with Gasteiger partial charge >= 0.3 is 0 Å². The number of carbonyl (C=O) groups excluding carboxylic acids is 1. The van der Waals surface area contributed by atoms with Crippen molar-refractivity contribution in [3.8, 4) is 17.2 Å². The molecule has 0 saturated carbocycles. The molecule has 0 fully saturated rings. The maximum atomic E-state index is 11.9. The Morgan fingerprint density at radius 1 is 1.29 bits per heavy atom. The molecule has 1 aliphatic heterocycles. The molecule has 2 aromatic rings. The number of carbonyl (C=O) groups is 1. The van der Waals surface area contributed by atoms with Gasteiger partial charge in [0.05, 0.1) is 22.8 Å². The van der Waals surface area contributed by atoms with Crippen molar-refractivity contribution in [3.05, 3.63) is 56.1 Å². The number of halogens is 1. The predicted molar refractivity (Wildman–Crippen MR) is 101 cm³/mol. The first-order valence-corrected chi connectivity index (χ1v) is 8.52. The molecule has 0 aliphatic carbocycles. The van der Waals surface area contributed by atoms with E-state index in [0.717, 1.165) is 17.3 Å². The van der Waals surface area contributed by atoms with E-state index in [0.29, 0.717) is 16.5 Å². The molecule has 1 heterocycles. The fraction of sp³-hybridized carbons (Fsp3) is 0.222. The molecule has 0 radical (unpaired) electrons. The van der Waals surface area contributed by atoms with Crippen LogP contribution in [-0.2, 0) is 4.79 Å². The third kappa shape index (κ3) is 4.32. The van der Waals surface area contributed by atoms with E-state index < -0.39 is 10.8 Å². The summed E-state index contributed by atoms with van der Waals surface area (Å²) in [6.07, 6.45) is 1.16. The van der Waals surface area contributed by atoms with Crippen LogP contribution in [0.1, 0.15) is 16.7 Å². The van der Waals surface area contributed by atoms with Crippen molar-refractivity contribution in [1.82, 2.24) is 5.43 Å². The van der Waals surface area contributed by atoms with Crippen molar-refractivity contribution in [2.75, 3.05) is 13.4 Å². The maximum Gasteiger partial charge on any atom is 0.282 e. The summed E-state index contributed by atoms with van der Waals surface area (Å²) in [6.45, 7) is 3.39. The van der Waals surface area contributed by atoms with Crippen LogP contribution in [0.2, 0.25) is 5.02 Å². The number of nitro groups is 1. The van der Waals surface area contributed by atoms with E-state index in [1.165, 1.54) is 12.1 Å². The number of hydrogen-bond acceptors (Lipinski definition) is 7. The molecule has 146 valence electrons. The standard InChI is InChI=1S/C18H16ClN3O6/c1-10-3-13(4-11(2)18(10)19)26-8-17(23)21-20-7-12-5-15-16(28-9-27-15)6-14(12)22(24)25/h3-7H,8-9H2,1-2H3,(H,21,23)/b20-7-. The zero-order valence-corrected chi connectivity index (χ0v) is 15.8. The van der Waals surface area contributed by atoms with Gasteiger partial charge in [0.15, 0.2) is 18.1 Å². The number of ether oxygens (including phenoxy) is 3. The summed E-state index contributed by atoms with van der Waals surface area (Å²) in [5.41, 5.74) is 3.89. The number of nitrogens with one attached hydrogen (secondary N) is 1. The first-order valence-electron chi connectivity index (χ1n) is 8.14. The van der Waals surface area contributed by atoms with E-state index in [4.69, 9.17) is 25.8 Å². The number of rotatable bonds is 6. The number of hydrazone groups is 1. The fourth-order valence-corrected chi connectivity index (χ4v) is 2.66. The van der Waals surface area contributed by atoms with E-state index in [1.54, 1.807) is 12.1 Å². The van der Waals surface area contributed by atoms with Gasteiger partial charge in [-0.1, -0.05) is 11.6 Å². The minimum absolute atomic E-state index is 0.00912. The average molecular weight is 406 g/mol. The van der Waals surface area contributed by atoms with Crippen molar-refractivity contribution >= 4 is 29.4 Å². The van der Waals surface area contributed by atoms with Crippen molar-refractivity contribution in [2.24, 2.45) is 5.10 Å². The number of fused-ring (bicyclic) bond motifs is 1. The second-order valence-electron chi connectivity index (χ2n) is 5.97. The topological polar surface area (TPSA) is 112 Å². The van der Waals surface area contributed by atoms with E-state index in [2.05, 4.69) is 10.5 Å². The Kier molecular flexibility index (Phi) is 5.65. The third-order valence-electron chi connectivity index (χ3n) is 3.89. The molecule has 0 saturated heterocycles. The molecule has 0 atom stereocenters. The van der Waals surface area contributed by atoms with Gasteiger partial charge in [-0.15, -0.1) is 0 Å². The average Bonchev–Trinajstić information content (AvgIpc) is 3.11. The molecule has 9 nitrogen and oxygen atoms in total. The van der Waals surface area contributed by atoms with Crippen LogP contribution in [0.4, 0.5) is 5.69 Å². The zero-order chi connectivity index (χ0) is 20.3. The molecule has 0 spiro atoms. The summed E-state index contributed by atoms with van der Waals surface area (Å²) in [4.78, 5) is 22.5. The second-order valence-corrected chi connectivity index (χ2v) is 6.35. The predicted octanol–water partition coefficient (Wildman–Crippen LogP) is 3.12. The van der Waals surface area contributed by atoms with Crippen LogP contribution in [0.25, 0.3) is 0 Å². The number of nitro benzene ring substituents is 1. The zero-order valence-electron chi connectivity index (χ0n) is 15.0. The van der Waals surface area contributed by atoms with Gasteiger partial charge < -0.3 is 14.2 Å². The molecule has 0 aromatic heterocycles. The summed E-state index contributed by atoms with van der Waals surface area (Å²) in [5.74, 6) is 0.639. The van der Waals surface area contributed by atoms with Crippen molar-refractivity contribution in [2.45, 2.75) is 13.8 Å². The number of aryl methyl sites for hydroxylation is 2. The van der Waals surface area contributed by atoms with E-state index >= 15 is 0 Å². The van der Waals surface area contributed by atoms with E-state index in [9.17, 15) is 14.9 Å². The summed E-state index contributed by atoms with van der Waals surface area (Å²) >= 11 is 6.09. The Labute approximate surface area is 165 Å². The first-order chi connectivity index (χ1) is 13.3. The monoisotopic (exact) mass is 405 g/mol. The van der Waals surface area contributed by atoms with Crippen molar-refractivity contribution in [3.63, 3.8) is 0 Å². The van der Waals surface area contributed by atoms with Crippen LogP contribution in [0.5, 0.6) is 17.2 Å². The molecule has 3 rings (SSSR count). The number of nitrogens with zero attached hydrogens (tertiary/aromatic N) is 2. The normalized spacial score (nSPS) is 12.2. The van der Waals surface area contributed by atoms with Gasteiger partial charge in [0.1, 0.15) is 5.75 Å². The summed E-state index contributed by atoms with van der Waals surface area (Å²) < 4.78 is 15.7. The summed E-state index contributed by atoms with van der Waals surface area (Å²) in [5, 5.41) is 15.6. The smallest absolute Gasteiger partial charge is 0.282 e. The molecule has 10 heteroatoms. The van der Waals surface area contributed by atoms with Gasteiger partial charge in [0.25, 0.3) is 11.6 Å². The quantitative estimate of drug-likeness (QED) is 0.449. The highest BCUT2D eigenvalue weighted by Crippen LogP contribution is 2.37. The van der Waals surface area contributed by atoms with Crippen LogP contribution in [0.3, 0.4) is 0 Å². The molecular weight excluding hydrogens is 390 g/mol. The Hall–Kier alpha value is -3.33. The van der Waals surface area contributed by atoms with Gasteiger partial charge in [-0.2, -0.15) is 5.10 Å². The lowest BCUT2D eigenvalue weighted by atomic mass is 10.1. The van der Waals surface area contributed by atoms with Gasteiger partial charge in [-0.25, -0.2) is 5.43 Å². The minimum Gasteiger partial charge on any atom is -0.484 e. The number of amides is 1. The SMILES string of the molecule is Cc1cc(OCC(=O)N/N=C\c2cc3c(cc2[N+](=O)[O-])OCO3)cc(C)c1Cl. The Morgan fingerprint density at radius 3 is 2.57 bits per heavy atom.